The molecular weight excluding hydrogens is 371 g/mol. The van der Waals surface area contributed by atoms with Crippen LogP contribution in [0.1, 0.15) is 11.4 Å². The first-order valence-electron chi connectivity index (χ1n) is 8.81. The number of halogens is 3. The van der Waals surface area contributed by atoms with Gasteiger partial charge in [0, 0.05) is 32.4 Å². The highest BCUT2D eigenvalue weighted by atomic mass is 19.4. The Hall–Kier alpha value is -3.17. The SMILES string of the molecule is Cc1ccn(-c2ccc(N3CCN(c4cccc(C(F)(F)F)n4)CC3)nn2)n1. The topological polar surface area (TPSA) is 63.0 Å². The fraction of sp³-hybridized carbons (Fsp3) is 0.333. The third kappa shape index (κ3) is 3.75. The summed E-state index contributed by atoms with van der Waals surface area (Å²) in [5.41, 5.74) is 0.0212. The van der Waals surface area contributed by atoms with E-state index in [2.05, 4.69) is 25.2 Å². The Bertz CT molecular complexity index is 944. The number of nitrogens with zero attached hydrogens (tertiary/aromatic N) is 7. The molecule has 1 fully saturated rings. The molecule has 4 rings (SSSR count). The van der Waals surface area contributed by atoms with Gasteiger partial charge >= 0.3 is 6.18 Å². The van der Waals surface area contributed by atoms with Crippen LogP contribution in [0.5, 0.6) is 0 Å². The van der Waals surface area contributed by atoms with Crippen LogP contribution in [0.3, 0.4) is 0 Å². The van der Waals surface area contributed by atoms with E-state index < -0.39 is 11.9 Å². The van der Waals surface area contributed by atoms with E-state index in [9.17, 15) is 13.2 Å². The number of aryl methyl sites for hydroxylation is 1. The lowest BCUT2D eigenvalue weighted by molar-refractivity contribution is -0.141. The van der Waals surface area contributed by atoms with Crippen molar-refractivity contribution < 1.29 is 13.2 Å². The van der Waals surface area contributed by atoms with Crippen LogP contribution >= 0.6 is 0 Å². The Morgan fingerprint density at radius 2 is 1.46 bits per heavy atom. The molecule has 3 aromatic heterocycles. The first kappa shape index (κ1) is 18.2. The van der Waals surface area contributed by atoms with Gasteiger partial charge in [0.15, 0.2) is 11.6 Å². The van der Waals surface area contributed by atoms with Gasteiger partial charge in [-0.05, 0) is 37.3 Å². The fourth-order valence-electron chi connectivity index (χ4n) is 3.07. The zero-order valence-electron chi connectivity index (χ0n) is 15.1. The third-order valence-corrected chi connectivity index (χ3v) is 4.55. The zero-order valence-corrected chi connectivity index (χ0v) is 15.1. The molecule has 1 saturated heterocycles. The van der Waals surface area contributed by atoms with Crippen molar-refractivity contribution in [2.75, 3.05) is 36.0 Å². The molecule has 7 nitrogen and oxygen atoms in total. The Morgan fingerprint density at radius 3 is 2.04 bits per heavy atom. The van der Waals surface area contributed by atoms with E-state index in [0.29, 0.717) is 37.8 Å². The molecule has 0 unspecified atom stereocenters. The monoisotopic (exact) mass is 389 g/mol. The lowest BCUT2D eigenvalue weighted by atomic mass is 10.2. The van der Waals surface area contributed by atoms with Crippen LogP contribution in [0, 0.1) is 6.92 Å². The van der Waals surface area contributed by atoms with Gasteiger partial charge in [0.05, 0.1) is 5.69 Å². The lowest BCUT2D eigenvalue weighted by Gasteiger charge is -2.36. The maximum atomic E-state index is 12.9. The second-order valence-corrected chi connectivity index (χ2v) is 6.50. The molecule has 0 bridgehead atoms. The van der Waals surface area contributed by atoms with Crippen LogP contribution in [-0.2, 0) is 6.18 Å². The molecule has 28 heavy (non-hydrogen) atoms. The summed E-state index contributed by atoms with van der Waals surface area (Å²) in [6, 6.07) is 9.58. The van der Waals surface area contributed by atoms with Gasteiger partial charge in [0.1, 0.15) is 11.5 Å². The summed E-state index contributed by atoms with van der Waals surface area (Å²) in [6.45, 7) is 4.24. The minimum atomic E-state index is -4.44. The highest BCUT2D eigenvalue weighted by Crippen LogP contribution is 2.29. The predicted molar refractivity (Wildman–Crippen MR) is 97.6 cm³/mol. The van der Waals surface area contributed by atoms with E-state index in [1.165, 1.54) is 6.07 Å². The van der Waals surface area contributed by atoms with Gasteiger partial charge in [-0.25, -0.2) is 9.67 Å². The molecule has 0 aliphatic carbocycles. The Labute approximate surface area is 159 Å². The minimum absolute atomic E-state index is 0.338. The van der Waals surface area contributed by atoms with Crippen LogP contribution in [0.2, 0.25) is 0 Å². The Balaban J connectivity index is 1.42. The highest BCUT2D eigenvalue weighted by molar-refractivity contribution is 5.45. The number of pyridine rings is 1. The van der Waals surface area contributed by atoms with Gasteiger partial charge in [0.25, 0.3) is 0 Å². The van der Waals surface area contributed by atoms with E-state index >= 15 is 0 Å². The molecule has 0 radical (unpaired) electrons. The van der Waals surface area contributed by atoms with Crippen LogP contribution in [0.4, 0.5) is 24.8 Å². The fourth-order valence-corrected chi connectivity index (χ4v) is 3.07. The standard InChI is InChI=1S/C18H18F3N7/c1-13-7-8-28(25-13)17-6-5-16(23-24-17)27-11-9-26(10-12-27)15-4-2-3-14(22-15)18(19,20)21/h2-8H,9-12H2,1H3. The maximum Gasteiger partial charge on any atom is 0.433 e. The van der Waals surface area contributed by atoms with Crippen LogP contribution < -0.4 is 9.80 Å². The average molecular weight is 389 g/mol. The summed E-state index contributed by atoms with van der Waals surface area (Å²) >= 11 is 0. The number of piperazine rings is 1. The van der Waals surface area contributed by atoms with Crippen LogP contribution in [0.25, 0.3) is 5.82 Å². The average Bonchev–Trinajstić information content (AvgIpc) is 3.14. The summed E-state index contributed by atoms with van der Waals surface area (Å²) in [5, 5.41) is 12.8. The van der Waals surface area contributed by atoms with E-state index in [4.69, 9.17) is 0 Å². The molecular formula is C18H18F3N7. The number of hydrogen-bond donors (Lipinski definition) is 0. The van der Waals surface area contributed by atoms with Gasteiger partial charge < -0.3 is 9.80 Å². The van der Waals surface area contributed by atoms with Crippen molar-refractivity contribution in [2.24, 2.45) is 0 Å². The van der Waals surface area contributed by atoms with Crippen molar-refractivity contribution in [3.8, 4) is 5.82 Å². The van der Waals surface area contributed by atoms with E-state index in [1.807, 2.05) is 36.2 Å². The summed E-state index contributed by atoms with van der Waals surface area (Å²) in [5.74, 6) is 1.69. The molecule has 0 amide bonds. The Morgan fingerprint density at radius 1 is 0.821 bits per heavy atom. The summed E-state index contributed by atoms with van der Waals surface area (Å²) < 4.78 is 40.2. The number of hydrogen-bond acceptors (Lipinski definition) is 6. The number of alkyl halides is 3. The van der Waals surface area contributed by atoms with E-state index in [-0.39, 0.29) is 0 Å². The number of aromatic nitrogens is 5. The predicted octanol–water partition coefficient (Wildman–Crippen LogP) is 2.71. The van der Waals surface area contributed by atoms with Crippen molar-refractivity contribution in [1.82, 2.24) is 25.0 Å². The van der Waals surface area contributed by atoms with E-state index in [1.54, 1.807) is 10.7 Å². The van der Waals surface area contributed by atoms with Crippen molar-refractivity contribution >= 4 is 11.6 Å². The molecule has 0 saturated carbocycles. The summed E-state index contributed by atoms with van der Waals surface area (Å²) in [4.78, 5) is 7.66. The third-order valence-electron chi connectivity index (χ3n) is 4.55. The minimum Gasteiger partial charge on any atom is -0.353 e. The molecule has 4 heterocycles. The van der Waals surface area contributed by atoms with Crippen LogP contribution in [0.15, 0.2) is 42.6 Å². The molecule has 3 aromatic rings. The molecule has 10 heteroatoms. The normalized spacial score (nSPS) is 15.1. The van der Waals surface area contributed by atoms with Gasteiger partial charge in [0.2, 0.25) is 0 Å². The first-order chi connectivity index (χ1) is 13.4. The lowest BCUT2D eigenvalue weighted by Crippen LogP contribution is -2.47. The second-order valence-electron chi connectivity index (χ2n) is 6.50. The molecule has 0 aromatic carbocycles. The first-order valence-corrected chi connectivity index (χ1v) is 8.81. The molecule has 1 aliphatic heterocycles. The van der Waals surface area contributed by atoms with Crippen LogP contribution in [-0.4, -0.2) is 51.1 Å². The maximum absolute atomic E-state index is 12.9. The molecule has 1 aliphatic rings. The van der Waals surface area contributed by atoms with Crippen molar-refractivity contribution in [3.63, 3.8) is 0 Å². The summed E-state index contributed by atoms with van der Waals surface area (Å²) in [7, 11) is 0. The Kier molecular flexibility index (Phi) is 4.62. The van der Waals surface area contributed by atoms with Crippen molar-refractivity contribution in [1.29, 1.82) is 0 Å². The van der Waals surface area contributed by atoms with Gasteiger partial charge in [-0.3, -0.25) is 0 Å². The van der Waals surface area contributed by atoms with E-state index in [0.717, 1.165) is 17.6 Å². The summed E-state index contributed by atoms with van der Waals surface area (Å²) in [6.07, 6.45) is -2.62. The molecule has 0 N–H and O–H groups in total. The molecule has 146 valence electrons. The largest absolute Gasteiger partial charge is 0.433 e. The second kappa shape index (κ2) is 7.10. The molecule has 0 atom stereocenters. The highest BCUT2D eigenvalue weighted by Gasteiger charge is 2.33. The van der Waals surface area contributed by atoms with Crippen molar-refractivity contribution in [2.45, 2.75) is 13.1 Å². The molecule has 0 spiro atoms. The van der Waals surface area contributed by atoms with Gasteiger partial charge in [-0.1, -0.05) is 6.07 Å². The zero-order chi connectivity index (χ0) is 19.7. The van der Waals surface area contributed by atoms with Gasteiger partial charge in [-0.2, -0.15) is 18.3 Å². The van der Waals surface area contributed by atoms with Gasteiger partial charge in [-0.15, -0.1) is 10.2 Å². The smallest absolute Gasteiger partial charge is 0.353 e. The van der Waals surface area contributed by atoms with Crippen molar-refractivity contribution in [3.05, 3.63) is 54.0 Å². The number of anilines is 2. The quantitative estimate of drug-likeness (QED) is 0.687. The number of rotatable bonds is 3.